The van der Waals surface area contributed by atoms with Crippen molar-refractivity contribution in [3.8, 4) is 10.6 Å². The van der Waals surface area contributed by atoms with Crippen molar-refractivity contribution in [2.75, 3.05) is 26.2 Å². The normalized spacial score (nSPS) is 15.3. The topological polar surface area (TPSA) is 88.4 Å². The molecule has 1 aromatic carbocycles. The molecule has 8 nitrogen and oxygen atoms in total. The number of thiophene rings is 1. The van der Waals surface area contributed by atoms with Crippen molar-refractivity contribution in [1.82, 2.24) is 24.0 Å². The van der Waals surface area contributed by atoms with Crippen molar-refractivity contribution in [2.45, 2.75) is 24.8 Å². The molecule has 1 saturated heterocycles. The van der Waals surface area contributed by atoms with Gasteiger partial charge in [0, 0.05) is 32.2 Å². The number of sulfonamides is 1. The fourth-order valence-corrected chi connectivity index (χ4v) is 6.30. The zero-order valence-corrected chi connectivity index (χ0v) is 20.6. The molecule has 0 radical (unpaired) electrons. The number of pyridine rings is 1. The van der Waals surface area contributed by atoms with Gasteiger partial charge in [0.25, 0.3) is 5.91 Å². The van der Waals surface area contributed by atoms with E-state index in [9.17, 15) is 13.2 Å². The fraction of sp³-hybridized carbons (Fsp3) is 0.292. The van der Waals surface area contributed by atoms with Crippen molar-refractivity contribution >= 4 is 38.3 Å². The van der Waals surface area contributed by atoms with Gasteiger partial charge in [-0.1, -0.05) is 24.3 Å². The number of benzene rings is 1. The molecular weight excluding hydrogens is 470 g/mol. The second-order valence-electron chi connectivity index (χ2n) is 8.46. The van der Waals surface area contributed by atoms with Gasteiger partial charge in [0.05, 0.1) is 32.6 Å². The van der Waals surface area contributed by atoms with Crippen LogP contribution in [-0.4, -0.2) is 64.5 Å². The van der Waals surface area contributed by atoms with E-state index < -0.39 is 10.0 Å². The van der Waals surface area contributed by atoms with Gasteiger partial charge in [-0.25, -0.2) is 18.1 Å². The van der Waals surface area contributed by atoms with Gasteiger partial charge in [-0.15, -0.1) is 11.3 Å². The second-order valence-corrected chi connectivity index (χ2v) is 11.3. The van der Waals surface area contributed by atoms with Crippen LogP contribution < -0.4 is 0 Å². The first-order valence-electron chi connectivity index (χ1n) is 11.1. The number of nitrogens with zero attached hydrogens (tertiary/aromatic N) is 5. The van der Waals surface area contributed by atoms with Crippen molar-refractivity contribution < 1.29 is 13.2 Å². The monoisotopic (exact) mass is 495 g/mol. The Morgan fingerprint density at radius 2 is 1.76 bits per heavy atom. The minimum Gasteiger partial charge on any atom is -0.336 e. The van der Waals surface area contributed by atoms with Crippen molar-refractivity contribution in [3.63, 3.8) is 0 Å². The third kappa shape index (κ3) is 4.02. The number of aromatic nitrogens is 3. The zero-order valence-electron chi connectivity index (χ0n) is 19.0. The van der Waals surface area contributed by atoms with E-state index in [2.05, 4.69) is 5.10 Å². The summed E-state index contributed by atoms with van der Waals surface area (Å²) in [6, 6.07) is 14.3. The lowest BCUT2D eigenvalue weighted by atomic mass is 10.1. The lowest BCUT2D eigenvalue weighted by Gasteiger charge is -2.34. The van der Waals surface area contributed by atoms with Crippen LogP contribution in [0.1, 0.15) is 30.2 Å². The van der Waals surface area contributed by atoms with Crippen LogP contribution >= 0.6 is 11.3 Å². The number of carbonyl (C=O) groups is 1. The number of hydrogen-bond acceptors (Lipinski definition) is 6. The molecule has 0 bridgehead atoms. The van der Waals surface area contributed by atoms with Gasteiger partial charge in [-0.2, -0.15) is 9.40 Å². The molecule has 34 heavy (non-hydrogen) atoms. The Morgan fingerprint density at radius 3 is 2.41 bits per heavy atom. The molecule has 0 N–H and O–H groups in total. The van der Waals surface area contributed by atoms with E-state index in [-0.39, 0.29) is 29.9 Å². The molecule has 0 aliphatic carbocycles. The number of hydrogen-bond donors (Lipinski definition) is 0. The van der Waals surface area contributed by atoms with Gasteiger partial charge < -0.3 is 4.90 Å². The van der Waals surface area contributed by atoms with Crippen molar-refractivity contribution in [3.05, 3.63) is 65.7 Å². The Morgan fingerprint density at radius 1 is 1.03 bits per heavy atom. The number of fused-ring (bicyclic) bond motifs is 1. The summed E-state index contributed by atoms with van der Waals surface area (Å²) in [5, 5.41) is 7.17. The molecule has 3 aromatic heterocycles. The molecule has 0 spiro atoms. The number of amides is 1. The first-order chi connectivity index (χ1) is 16.4. The number of piperazine rings is 1. The molecule has 4 aromatic rings. The van der Waals surface area contributed by atoms with Crippen LogP contribution in [0.25, 0.3) is 21.6 Å². The fourth-order valence-electron chi connectivity index (χ4n) is 4.17. The molecule has 0 atom stereocenters. The van der Waals surface area contributed by atoms with E-state index >= 15 is 0 Å². The van der Waals surface area contributed by atoms with E-state index in [1.54, 1.807) is 52.8 Å². The second kappa shape index (κ2) is 8.94. The summed E-state index contributed by atoms with van der Waals surface area (Å²) in [6.07, 6.45) is 1.70. The number of rotatable bonds is 5. The Hall–Kier alpha value is -3.08. The highest BCUT2D eigenvalue weighted by Crippen LogP contribution is 2.30. The minimum absolute atomic E-state index is 0.0956. The van der Waals surface area contributed by atoms with Crippen LogP contribution in [0.5, 0.6) is 0 Å². The predicted molar refractivity (Wildman–Crippen MR) is 132 cm³/mol. The molecule has 5 rings (SSSR count). The highest BCUT2D eigenvalue weighted by atomic mass is 32.2. The molecule has 10 heteroatoms. The van der Waals surface area contributed by atoms with E-state index in [1.165, 1.54) is 4.31 Å². The average molecular weight is 496 g/mol. The largest absolute Gasteiger partial charge is 0.336 e. The Kier molecular flexibility index (Phi) is 5.97. The molecule has 0 unspecified atom stereocenters. The molecule has 4 heterocycles. The maximum atomic E-state index is 13.6. The summed E-state index contributed by atoms with van der Waals surface area (Å²) in [4.78, 5) is 21.4. The molecule has 1 aliphatic heterocycles. The first-order valence-corrected chi connectivity index (χ1v) is 13.4. The van der Waals surface area contributed by atoms with Crippen LogP contribution in [0.3, 0.4) is 0 Å². The highest BCUT2D eigenvalue weighted by molar-refractivity contribution is 7.89. The summed E-state index contributed by atoms with van der Waals surface area (Å²) in [5.74, 6) is -0.134. The smallest absolute Gasteiger partial charge is 0.254 e. The molecule has 1 fully saturated rings. The summed E-state index contributed by atoms with van der Waals surface area (Å²) in [6.45, 7) is 5.20. The summed E-state index contributed by atoms with van der Waals surface area (Å²) < 4.78 is 29.2. The zero-order chi connectivity index (χ0) is 23.9. The van der Waals surface area contributed by atoms with Crippen molar-refractivity contribution in [2.24, 2.45) is 0 Å². The maximum absolute atomic E-state index is 13.6. The quantitative estimate of drug-likeness (QED) is 0.419. The minimum atomic E-state index is -3.58. The molecular formula is C24H25N5O3S2. The first kappa shape index (κ1) is 22.7. The van der Waals surface area contributed by atoms with Gasteiger partial charge >= 0.3 is 0 Å². The third-order valence-electron chi connectivity index (χ3n) is 5.97. The standard InChI is InChI=1S/C24H25N5O3S2/c1-17(2)29-23-20(16-25-29)19(15-21(26-23)22-9-6-14-33-22)24(30)27-10-12-28(13-11-27)34(31,32)18-7-4-3-5-8-18/h3-9,14-17H,10-13H2,1-2H3. The summed E-state index contributed by atoms with van der Waals surface area (Å²) in [7, 11) is -3.58. The van der Waals surface area contributed by atoms with Gasteiger partial charge in [0.15, 0.2) is 5.65 Å². The van der Waals surface area contributed by atoms with E-state index in [0.717, 1.165) is 10.6 Å². The van der Waals surface area contributed by atoms with Crippen LogP contribution in [0, 0.1) is 0 Å². The SMILES string of the molecule is CC(C)n1ncc2c(C(=O)N3CCN(S(=O)(=O)c4ccccc4)CC3)cc(-c3cccs3)nc21. The maximum Gasteiger partial charge on any atom is 0.254 e. The Bertz CT molecular complexity index is 1420. The van der Waals surface area contributed by atoms with Gasteiger partial charge in [0.2, 0.25) is 10.0 Å². The summed E-state index contributed by atoms with van der Waals surface area (Å²) >= 11 is 1.57. The van der Waals surface area contributed by atoms with E-state index in [0.29, 0.717) is 29.7 Å². The predicted octanol–water partition coefficient (Wildman–Crippen LogP) is 3.89. The van der Waals surface area contributed by atoms with Crippen molar-refractivity contribution in [1.29, 1.82) is 0 Å². The summed E-state index contributed by atoms with van der Waals surface area (Å²) in [5.41, 5.74) is 1.95. The number of carbonyl (C=O) groups excluding carboxylic acids is 1. The lowest BCUT2D eigenvalue weighted by molar-refractivity contribution is 0.0700. The Balaban J connectivity index is 1.44. The third-order valence-corrected chi connectivity index (χ3v) is 8.77. The van der Waals surface area contributed by atoms with Crippen LogP contribution in [0.4, 0.5) is 0 Å². The van der Waals surface area contributed by atoms with E-state index in [4.69, 9.17) is 4.98 Å². The molecule has 1 aliphatic rings. The van der Waals surface area contributed by atoms with Crippen LogP contribution in [0.15, 0.2) is 65.0 Å². The van der Waals surface area contributed by atoms with Gasteiger partial charge in [-0.3, -0.25) is 4.79 Å². The van der Waals surface area contributed by atoms with Gasteiger partial charge in [-0.05, 0) is 43.5 Å². The van der Waals surface area contributed by atoms with Crippen LogP contribution in [0.2, 0.25) is 0 Å². The molecule has 176 valence electrons. The van der Waals surface area contributed by atoms with Crippen LogP contribution in [-0.2, 0) is 10.0 Å². The Labute approximate surface area is 202 Å². The molecule has 0 saturated carbocycles. The van der Waals surface area contributed by atoms with Gasteiger partial charge in [0.1, 0.15) is 0 Å². The highest BCUT2D eigenvalue weighted by Gasteiger charge is 2.31. The molecule has 1 amide bonds. The van der Waals surface area contributed by atoms with E-state index in [1.807, 2.05) is 42.1 Å². The lowest BCUT2D eigenvalue weighted by Crippen LogP contribution is -2.50. The average Bonchev–Trinajstić information content (AvgIpc) is 3.54.